The Morgan fingerprint density at radius 3 is 2.75 bits per heavy atom. The molecule has 144 valence electrons. The molecule has 4 rings (SSSR count). The van der Waals surface area contributed by atoms with Crippen molar-refractivity contribution in [3.8, 4) is 11.4 Å². The van der Waals surface area contributed by atoms with Gasteiger partial charge in [0, 0.05) is 24.1 Å². The van der Waals surface area contributed by atoms with Crippen molar-refractivity contribution in [3.05, 3.63) is 66.1 Å². The minimum Gasteiger partial charge on any atom is -0.339 e. The normalized spacial score (nSPS) is 14.7. The molecule has 1 N–H and O–H groups in total. The van der Waals surface area contributed by atoms with Crippen molar-refractivity contribution >= 4 is 35.1 Å². The van der Waals surface area contributed by atoms with Crippen LogP contribution >= 0.6 is 23.5 Å². The van der Waals surface area contributed by atoms with E-state index < -0.39 is 0 Å². The molecular weight excluding hydrogens is 390 g/mol. The van der Waals surface area contributed by atoms with Crippen molar-refractivity contribution in [2.75, 3.05) is 16.8 Å². The maximum absolute atomic E-state index is 12.3. The highest BCUT2D eigenvalue weighted by molar-refractivity contribution is 8.16. The number of hydrogen-bond acceptors (Lipinski definition) is 6. The average molecular weight is 412 g/mol. The van der Waals surface area contributed by atoms with Crippen LogP contribution in [0, 0.1) is 0 Å². The fourth-order valence-electron chi connectivity index (χ4n) is 2.95. The Balaban J connectivity index is 1.32. The number of carbonyl (C=O) groups is 1. The summed E-state index contributed by atoms with van der Waals surface area (Å²) in [6.45, 7) is 0. The van der Waals surface area contributed by atoms with Gasteiger partial charge in [0.1, 0.15) is 0 Å². The molecule has 1 aromatic heterocycles. The van der Waals surface area contributed by atoms with Gasteiger partial charge in [-0.15, -0.1) is 23.5 Å². The monoisotopic (exact) mass is 411 g/mol. The quantitative estimate of drug-likeness (QED) is 0.603. The van der Waals surface area contributed by atoms with Crippen molar-refractivity contribution in [3.63, 3.8) is 0 Å². The highest BCUT2D eigenvalue weighted by Gasteiger charge is 2.17. The molecule has 7 heteroatoms. The average Bonchev–Trinajstić information content (AvgIpc) is 3.23. The van der Waals surface area contributed by atoms with E-state index in [9.17, 15) is 4.79 Å². The fourth-order valence-corrected chi connectivity index (χ4v) is 5.82. The van der Waals surface area contributed by atoms with Crippen LogP contribution in [0.15, 0.2) is 59.1 Å². The summed E-state index contributed by atoms with van der Waals surface area (Å²) >= 11 is 3.95. The first-order chi connectivity index (χ1) is 13.8. The van der Waals surface area contributed by atoms with E-state index in [-0.39, 0.29) is 5.91 Å². The van der Waals surface area contributed by atoms with Gasteiger partial charge in [-0.2, -0.15) is 4.98 Å². The summed E-state index contributed by atoms with van der Waals surface area (Å²) in [5.41, 5.74) is 3.00. The number of aromatic nitrogens is 2. The number of thioether (sulfide) groups is 2. The summed E-state index contributed by atoms with van der Waals surface area (Å²) in [5, 5.41) is 6.97. The van der Waals surface area contributed by atoms with Crippen LogP contribution in [0.25, 0.3) is 11.4 Å². The number of amides is 1. The van der Waals surface area contributed by atoms with Gasteiger partial charge in [-0.05, 0) is 35.6 Å². The molecule has 0 atom stereocenters. The van der Waals surface area contributed by atoms with Gasteiger partial charge in [-0.25, -0.2) is 0 Å². The van der Waals surface area contributed by atoms with Gasteiger partial charge in [0.25, 0.3) is 0 Å². The van der Waals surface area contributed by atoms with Gasteiger partial charge in [-0.1, -0.05) is 47.6 Å². The van der Waals surface area contributed by atoms with Gasteiger partial charge in [-0.3, -0.25) is 4.79 Å². The molecule has 1 amide bonds. The standard InChI is InChI=1S/C21H21N3O2S2/c25-18(10-11-19-23-20(24-26-19)15-6-2-1-3-7-15)22-17-9-4-8-16(14-17)21-27-12-5-13-28-21/h1-4,6-9,14,21H,5,10-13H2,(H,22,25). The van der Waals surface area contributed by atoms with Crippen LogP contribution in [0.1, 0.15) is 28.9 Å². The zero-order valence-corrected chi connectivity index (χ0v) is 17.0. The highest BCUT2D eigenvalue weighted by Crippen LogP contribution is 2.44. The number of carbonyl (C=O) groups excluding carboxylic acids is 1. The molecule has 2 heterocycles. The molecule has 1 saturated heterocycles. The Kier molecular flexibility index (Phi) is 6.34. The first-order valence-corrected chi connectivity index (χ1v) is 11.4. The maximum Gasteiger partial charge on any atom is 0.227 e. The van der Waals surface area contributed by atoms with Gasteiger partial charge >= 0.3 is 0 Å². The number of hydrogen-bond donors (Lipinski definition) is 1. The van der Waals surface area contributed by atoms with E-state index in [1.807, 2.05) is 66.0 Å². The van der Waals surface area contributed by atoms with E-state index >= 15 is 0 Å². The van der Waals surface area contributed by atoms with Gasteiger partial charge < -0.3 is 9.84 Å². The third-order valence-electron chi connectivity index (χ3n) is 4.34. The van der Waals surface area contributed by atoms with Crippen molar-refractivity contribution in [1.82, 2.24) is 10.1 Å². The lowest BCUT2D eigenvalue weighted by molar-refractivity contribution is -0.116. The van der Waals surface area contributed by atoms with Crippen LogP contribution in [0.4, 0.5) is 5.69 Å². The molecule has 1 aliphatic rings. The van der Waals surface area contributed by atoms with Crippen molar-refractivity contribution in [1.29, 1.82) is 0 Å². The summed E-state index contributed by atoms with van der Waals surface area (Å²) < 4.78 is 5.73. The second-order valence-electron chi connectivity index (χ2n) is 6.48. The third-order valence-corrected chi connectivity index (χ3v) is 7.35. The van der Waals surface area contributed by atoms with E-state index in [0.717, 1.165) is 11.3 Å². The molecule has 0 spiro atoms. The number of benzene rings is 2. The predicted octanol–water partition coefficient (Wildman–Crippen LogP) is 5.18. The van der Waals surface area contributed by atoms with Crippen LogP contribution in [-0.2, 0) is 11.2 Å². The van der Waals surface area contributed by atoms with Crippen molar-refractivity contribution in [2.24, 2.45) is 0 Å². The second kappa shape index (κ2) is 9.30. The van der Waals surface area contributed by atoms with Crippen LogP contribution in [0.5, 0.6) is 0 Å². The molecule has 0 bridgehead atoms. The van der Waals surface area contributed by atoms with Crippen LogP contribution in [-0.4, -0.2) is 27.6 Å². The lowest BCUT2D eigenvalue weighted by atomic mass is 10.2. The number of anilines is 1. The lowest BCUT2D eigenvalue weighted by Gasteiger charge is -2.21. The van der Waals surface area contributed by atoms with E-state index in [1.165, 1.54) is 23.5 Å². The fraction of sp³-hybridized carbons (Fsp3) is 0.286. The predicted molar refractivity (Wildman–Crippen MR) is 115 cm³/mol. The molecule has 3 aromatic rings. The molecule has 5 nitrogen and oxygen atoms in total. The molecule has 2 aromatic carbocycles. The van der Waals surface area contributed by atoms with E-state index in [2.05, 4.69) is 27.6 Å². The molecule has 0 unspecified atom stereocenters. The van der Waals surface area contributed by atoms with E-state index in [4.69, 9.17) is 4.52 Å². The maximum atomic E-state index is 12.3. The topological polar surface area (TPSA) is 68.0 Å². The highest BCUT2D eigenvalue weighted by atomic mass is 32.2. The molecule has 0 aliphatic carbocycles. The second-order valence-corrected chi connectivity index (χ2v) is 9.20. The van der Waals surface area contributed by atoms with E-state index in [0.29, 0.717) is 29.1 Å². The molecule has 0 saturated carbocycles. The molecule has 1 aliphatic heterocycles. The van der Waals surface area contributed by atoms with E-state index in [1.54, 1.807) is 0 Å². The molecule has 1 fully saturated rings. The summed E-state index contributed by atoms with van der Waals surface area (Å²) in [4.78, 5) is 16.7. The zero-order valence-electron chi connectivity index (χ0n) is 15.3. The first kappa shape index (κ1) is 19.1. The summed E-state index contributed by atoms with van der Waals surface area (Å²) in [6.07, 6.45) is 1.98. The van der Waals surface area contributed by atoms with Crippen molar-refractivity contribution < 1.29 is 9.32 Å². The van der Waals surface area contributed by atoms with Crippen molar-refractivity contribution in [2.45, 2.75) is 23.8 Å². The third kappa shape index (κ3) is 4.97. The Morgan fingerprint density at radius 2 is 1.93 bits per heavy atom. The molecular formula is C21H21N3O2S2. The summed E-state index contributed by atoms with van der Waals surface area (Å²) in [7, 11) is 0. The van der Waals surface area contributed by atoms with Gasteiger partial charge in [0.15, 0.2) is 0 Å². The molecule has 28 heavy (non-hydrogen) atoms. The lowest BCUT2D eigenvalue weighted by Crippen LogP contribution is -2.12. The number of rotatable bonds is 6. The largest absolute Gasteiger partial charge is 0.339 e. The Bertz CT molecular complexity index is 924. The smallest absolute Gasteiger partial charge is 0.227 e. The minimum absolute atomic E-state index is 0.0550. The zero-order chi connectivity index (χ0) is 19.2. The number of nitrogens with zero attached hydrogens (tertiary/aromatic N) is 2. The Labute approximate surface area is 172 Å². The van der Waals surface area contributed by atoms with Crippen LogP contribution < -0.4 is 5.32 Å². The van der Waals surface area contributed by atoms with Crippen LogP contribution in [0.3, 0.4) is 0 Å². The van der Waals surface area contributed by atoms with Crippen LogP contribution in [0.2, 0.25) is 0 Å². The Morgan fingerprint density at radius 1 is 1.11 bits per heavy atom. The molecule has 0 radical (unpaired) electrons. The number of nitrogens with one attached hydrogen (secondary N) is 1. The van der Waals surface area contributed by atoms with Gasteiger partial charge in [0.05, 0.1) is 4.58 Å². The summed E-state index contributed by atoms with van der Waals surface area (Å²) in [6, 6.07) is 17.8. The minimum atomic E-state index is -0.0550. The first-order valence-electron chi connectivity index (χ1n) is 9.29. The van der Waals surface area contributed by atoms with Gasteiger partial charge in [0.2, 0.25) is 17.6 Å². The summed E-state index contributed by atoms with van der Waals surface area (Å²) in [5.74, 6) is 3.36. The SMILES string of the molecule is O=C(CCc1nc(-c2ccccc2)no1)Nc1cccc(C2SCCCS2)c1. The number of aryl methyl sites for hydroxylation is 1. The Hall–Kier alpha value is -2.25.